The van der Waals surface area contributed by atoms with Crippen molar-refractivity contribution in [3.63, 3.8) is 0 Å². The first kappa shape index (κ1) is 15.8. The number of rotatable bonds is 6. The smallest absolute Gasteiger partial charge is 0.243 e. The fraction of sp³-hybridized carbons (Fsp3) is 0.500. The van der Waals surface area contributed by atoms with Gasteiger partial charge in [0, 0.05) is 23.8 Å². The van der Waals surface area contributed by atoms with Crippen LogP contribution in [0, 0.1) is 0 Å². The molecular formula is C10H14BrClN2O3S. The second kappa shape index (κ2) is 6.81. The zero-order valence-corrected chi connectivity index (χ0v) is 13.1. The number of halogens is 2. The molecule has 1 rings (SSSR count). The van der Waals surface area contributed by atoms with Crippen molar-refractivity contribution >= 4 is 37.6 Å². The Kier molecular flexibility index (Phi) is 6.00. The van der Waals surface area contributed by atoms with Gasteiger partial charge in [-0.15, -0.1) is 0 Å². The highest BCUT2D eigenvalue weighted by atomic mass is 79.9. The number of hydrogen-bond acceptors (Lipinski definition) is 4. The first-order valence-electron chi connectivity index (χ1n) is 5.29. The summed E-state index contributed by atoms with van der Waals surface area (Å²) in [4.78, 5) is 3.72. The molecule has 0 saturated carbocycles. The van der Waals surface area contributed by atoms with E-state index in [1.165, 1.54) is 12.3 Å². The average molecular weight is 358 g/mol. The van der Waals surface area contributed by atoms with Crippen LogP contribution in [0.25, 0.3) is 0 Å². The van der Waals surface area contributed by atoms with Crippen LogP contribution in [0.2, 0.25) is 5.15 Å². The minimum Gasteiger partial charge on any atom is -0.377 e. The summed E-state index contributed by atoms with van der Waals surface area (Å²) in [7, 11) is -3.68. The SMILES string of the molecule is CCOC(C)CNS(=O)(=O)c1cc(Br)cnc1Cl. The summed E-state index contributed by atoms with van der Waals surface area (Å²) in [5.74, 6) is 0. The molecule has 0 aliphatic heterocycles. The van der Waals surface area contributed by atoms with Gasteiger partial charge in [0.2, 0.25) is 10.0 Å². The van der Waals surface area contributed by atoms with Crippen LogP contribution in [0.4, 0.5) is 0 Å². The Morgan fingerprint density at radius 2 is 2.28 bits per heavy atom. The molecule has 8 heteroatoms. The van der Waals surface area contributed by atoms with E-state index in [1.54, 1.807) is 6.92 Å². The predicted molar refractivity (Wildman–Crippen MR) is 73.2 cm³/mol. The van der Waals surface area contributed by atoms with E-state index in [2.05, 4.69) is 25.6 Å². The zero-order chi connectivity index (χ0) is 13.8. The highest BCUT2D eigenvalue weighted by Gasteiger charge is 2.20. The van der Waals surface area contributed by atoms with Crippen LogP contribution in [0.3, 0.4) is 0 Å². The van der Waals surface area contributed by atoms with Gasteiger partial charge in [0.1, 0.15) is 10.0 Å². The Balaban J connectivity index is 2.83. The molecule has 1 aromatic rings. The standard InChI is InChI=1S/C10H14BrClN2O3S/c1-3-17-7(2)5-14-18(15,16)9-4-8(11)6-13-10(9)12/h4,6-7,14H,3,5H2,1-2H3. The highest BCUT2D eigenvalue weighted by molar-refractivity contribution is 9.10. The van der Waals surface area contributed by atoms with Crippen LogP contribution >= 0.6 is 27.5 Å². The Morgan fingerprint density at radius 1 is 1.61 bits per heavy atom. The van der Waals surface area contributed by atoms with Crippen molar-refractivity contribution in [2.24, 2.45) is 0 Å². The molecule has 0 fully saturated rings. The van der Waals surface area contributed by atoms with E-state index in [4.69, 9.17) is 16.3 Å². The van der Waals surface area contributed by atoms with E-state index in [9.17, 15) is 8.42 Å². The molecule has 1 heterocycles. The summed E-state index contributed by atoms with van der Waals surface area (Å²) < 4.78 is 32.2. The minimum atomic E-state index is -3.68. The first-order chi connectivity index (χ1) is 8.36. The van der Waals surface area contributed by atoms with E-state index >= 15 is 0 Å². The van der Waals surface area contributed by atoms with Crippen molar-refractivity contribution in [3.8, 4) is 0 Å². The quantitative estimate of drug-likeness (QED) is 0.793. The van der Waals surface area contributed by atoms with Gasteiger partial charge < -0.3 is 4.74 Å². The summed E-state index contributed by atoms with van der Waals surface area (Å²) in [6, 6.07) is 1.41. The lowest BCUT2D eigenvalue weighted by Crippen LogP contribution is -2.32. The normalized spacial score (nSPS) is 13.6. The summed E-state index contributed by atoms with van der Waals surface area (Å²) in [6.45, 7) is 4.34. The van der Waals surface area contributed by atoms with E-state index in [0.717, 1.165) is 0 Å². The Morgan fingerprint density at radius 3 is 2.89 bits per heavy atom. The van der Waals surface area contributed by atoms with Crippen LogP contribution < -0.4 is 4.72 Å². The molecule has 18 heavy (non-hydrogen) atoms. The second-order valence-electron chi connectivity index (χ2n) is 3.56. The molecule has 102 valence electrons. The van der Waals surface area contributed by atoms with Crippen molar-refractivity contribution in [2.75, 3.05) is 13.2 Å². The molecule has 0 bridgehead atoms. The van der Waals surface area contributed by atoms with Gasteiger partial charge in [0.15, 0.2) is 0 Å². The molecule has 0 aliphatic rings. The Labute approximate surface area is 120 Å². The molecule has 0 amide bonds. The van der Waals surface area contributed by atoms with Gasteiger partial charge in [-0.3, -0.25) is 0 Å². The summed E-state index contributed by atoms with van der Waals surface area (Å²) >= 11 is 8.93. The zero-order valence-electron chi connectivity index (χ0n) is 9.98. The third-order valence-electron chi connectivity index (χ3n) is 2.08. The largest absolute Gasteiger partial charge is 0.377 e. The molecule has 1 unspecified atom stereocenters. The number of pyridine rings is 1. The fourth-order valence-corrected chi connectivity index (χ4v) is 3.30. The van der Waals surface area contributed by atoms with Gasteiger partial charge in [0.05, 0.1) is 6.10 Å². The summed E-state index contributed by atoms with van der Waals surface area (Å²) in [6.07, 6.45) is 1.23. The van der Waals surface area contributed by atoms with Crippen LogP contribution in [0.1, 0.15) is 13.8 Å². The molecule has 5 nitrogen and oxygen atoms in total. The maximum atomic E-state index is 12.0. The average Bonchev–Trinajstić information content (AvgIpc) is 2.30. The second-order valence-corrected chi connectivity index (χ2v) is 6.57. The highest BCUT2D eigenvalue weighted by Crippen LogP contribution is 2.22. The van der Waals surface area contributed by atoms with E-state index in [-0.39, 0.29) is 22.7 Å². The van der Waals surface area contributed by atoms with Crippen molar-refractivity contribution in [2.45, 2.75) is 24.8 Å². The number of hydrogen-bond donors (Lipinski definition) is 1. The summed E-state index contributed by atoms with van der Waals surface area (Å²) in [5, 5.41) is -0.0604. The van der Waals surface area contributed by atoms with Crippen LogP contribution in [0.5, 0.6) is 0 Å². The van der Waals surface area contributed by atoms with Gasteiger partial charge in [-0.1, -0.05) is 11.6 Å². The molecule has 0 saturated heterocycles. The van der Waals surface area contributed by atoms with Gasteiger partial charge in [-0.05, 0) is 35.8 Å². The van der Waals surface area contributed by atoms with Crippen LogP contribution in [-0.2, 0) is 14.8 Å². The van der Waals surface area contributed by atoms with Crippen LogP contribution in [-0.4, -0.2) is 32.7 Å². The maximum Gasteiger partial charge on any atom is 0.243 e. The number of nitrogens with zero attached hydrogens (tertiary/aromatic N) is 1. The Hall–Kier alpha value is -0.210. The predicted octanol–water partition coefficient (Wildman–Crippen LogP) is 2.20. The van der Waals surface area contributed by atoms with Crippen molar-refractivity contribution in [3.05, 3.63) is 21.9 Å². The summed E-state index contributed by atoms with van der Waals surface area (Å²) in [5.41, 5.74) is 0. The molecule has 0 aliphatic carbocycles. The third kappa shape index (κ3) is 4.47. The van der Waals surface area contributed by atoms with E-state index in [0.29, 0.717) is 11.1 Å². The minimum absolute atomic E-state index is 0.0535. The first-order valence-corrected chi connectivity index (χ1v) is 7.94. The van der Waals surface area contributed by atoms with E-state index in [1.807, 2.05) is 6.92 Å². The van der Waals surface area contributed by atoms with Crippen molar-refractivity contribution in [1.82, 2.24) is 9.71 Å². The van der Waals surface area contributed by atoms with Gasteiger partial charge >= 0.3 is 0 Å². The molecule has 0 aromatic carbocycles. The monoisotopic (exact) mass is 356 g/mol. The molecule has 1 N–H and O–H groups in total. The maximum absolute atomic E-state index is 12.0. The number of nitrogens with one attached hydrogen (secondary N) is 1. The lowest BCUT2D eigenvalue weighted by Gasteiger charge is -2.13. The molecule has 0 spiro atoms. The van der Waals surface area contributed by atoms with Crippen LogP contribution in [0.15, 0.2) is 21.6 Å². The fourth-order valence-electron chi connectivity index (χ4n) is 1.24. The van der Waals surface area contributed by atoms with Crippen molar-refractivity contribution in [1.29, 1.82) is 0 Å². The molecule has 0 radical (unpaired) electrons. The number of ether oxygens (including phenoxy) is 1. The molecule has 1 aromatic heterocycles. The number of aromatic nitrogens is 1. The molecule has 1 atom stereocenters. The lowest BCUT2D eigenvalue weighted by atomic mass is 10.4. The Bertz CT molecular complexity index is 510. The van der Waals surface area contributed by atoms with Crippen molar-refractivity contribution < 1.29 is 13.2 Å². The third-order valence-corrected chi connectivity index (χ3v) is 4.36. The molecular weight excluding hydrogens is 344 g/mol. The number of sulfonamides is 1. The van der Waals surface area contributed by atoms with Gasteiger partial charge in [-0.2, -0.15) is 0 Å². The van der Waals surface area contributed by atoms with E-state index < -0.39 is 10.0 Å². The van der Waals surface area contributed by atoms with Gasteiger partial charge in [-0.25, -0.2) is 18.1 Å². The van der Waals surface area contributed by atoms with Gasteiger partial charge in [0.25, 0.3) is 0 Å². The topological polar surface area (TPSA) is 68.3 Å². The lowest BCUT2D eigenvalue weighted by molar-refractivity contribution is 0.0799.